The maximum Gasteiger partial charge on any atom is 0.180 e. The first-order valence-electron chi connectivity index (χ1n) is 5.81. The van der Waals surface area contributed by atoms with Gasteiger partial charge in [-0.15, -0.1) is 0 Å². The molecule has 0 fully saturated rings. The fraction of sp³-hybridized carbons (Fsp3) is 0.538. The van der Waals surface area contributed by atoms with E-state index < -0.39 is 9.84 Å². The lowest BCUT2D eigenvalue weighted by Crippen LogP contribution is -2.13. The van der Waals surface area contributed by atoms with Gasteiger partial charge in [0.25, 0.3) is 0 Å². The molecule has 1 aromatic carbocycles. The van der Waals surface area contributed by atoms with Crippen LogP contribution in [0.4, 0.5) is 0 Å². The van der Waals surface area contributed by atoms with Crippen LogP contribution in [0, 0.1) is 0 Å². The first-order valence-corrected chi connectivity index (χ1v) is 7.36. The second kappa shape index (κ2) is 5.48. The van der Waals surface area contributed by atoms with Crippen molar-refractivity contribution in [3.8, 4) is 0 Å². The summed E-state index contributed by atoms with van der Waals surface area (Å²) in [5.41, 5.74) is 1.21. The van der Waals surface area contributed by atoms with Crippen LogP contribution < -0.4 is 0 Å². The molecule has 0 heterocycles. The van der Waals surface area contributed by atoms with Crippen LogP contribution in [-0.2, 0) is 16.3 Å². The molecule has 0 saturated heterocycles. The molecule has 0 aliphatic carbocycles. The second-order valence-corrected chi connectivity index (χ2v) is 6.85. The van der Waals surface area contributed by atoms with E-state index in [9.17, 15) is 8.42 Å². The number of unbranched alkanes of at least 4 members (excludes halogenated alkanes) is 1. The molecule has 0 radical (unpaired) electrons. The Balaban J connectivity index is 2.87. The van der Waals surface area contributed by atoms with E-state index in [0.29, 0.717) is 4.90 Å². The summed E-state index contributed by atoms with van der Waals surface area (Å²) in [7, 11) is -3.11. The number of aryl methyl sites for hydroxylation is 1. The molecule has 0 unspecified atom stereocenters. The van der Waals surface area contributed by atoms with Gasteiger partial charge in [0, 0.05) is 0 Å². The third-order valence-electron chi connectivity index (χ3n) is 2.69. The molecule has 90 valence electrons. The summed E-state index contributed by atoms with van der Waals surface area (Å²) in [6, 6.07) is 7.29. The Morgan fingerprint density at radius 1 is 1.12 bits per heavy atom. The van der Waals surface area contributed by atoms with Crippen molar-refractivity contribution in [2.75, 3.05) is 0 Å². The Hall–Kier alpha value is -0.830. The molecule has 0 bridgehead atoms. The van der Waals surface area contributed by atoms with Crippen molar-refractivity contribution in [3.05, 3.63) is 29.8 Å². The predicted octanol–water partition coefficient (Wildman–Crippen LogP) is 3.21. The smallest absolute Gasteiger partial charge is 0.180 e. The van der Waals surface area contributed by atoms with Crippen LogP contribution in [0.25, 0.3) is 0 Å². The van der Waals surface area contributed by atoms with E-state index in [2.05, 4.69) is 6.92 Å². The van der Waals surface area contributed by atoms with E-state index in [0.717, 1.165) is 19.3 Å². The Labute approximate surface area is 98.6 Å². The molecule has 0 atom stereocenters. The number of hydrogen-bond acceptors (Lipinski definition) is 2. The molecule has 0 aromatic heterocycles. The largest absolute Gasteiger partial charge is 0.223 e. The fourth-order valence-corrected chi connectivity index (χ4v) is 2.56. The zero-order valence-electron chi connectivity index (χ0n) is 10.2. The third kappa shape index (κ3) is 3.08. The molecular formula is C13H20O2S. The lowest BCUT2D eigenvalue weighted by atomic mass is 10.1. The van der Waals surface area contributed by atoms with E-state index >= 15 is 0 Å². The molecule has 2 nitrogen and oxygen atoms in total. The quantitative estimate of drug-likeness (QED) is 0.792. The Morgan fingerprint density at radius 3 is 2.12 bits per heavy atom. The number of rotatable bonds is 5. The minimum Gasteiger partial charge on any atom is -0.223 e. The lowest BCUT2D eigenvalue weighted by Gasteiger charge is -2.08. The summed E-state index contributed by atoms with van der Waals surface area (Å²) in [5.74, 6) is 0. The molecule has 1 rings (SSSR count). The van der Waals surface area contributed by atoms with Crippen LogP contribution in [0.2, 0.25) is 0 Å². The van der Waals surface area contributed by atoms with Gasteiger partial charge in [-0.25, -0.2) is 8.42 Å². The van der Waals surface area contributed by atoms with Crippen molar-refractivity contribution < 1.29 is 8.42 Å². The second-order valence-electron chi connectivity index (χ2n) is 4.34. The maximum absolute atomic E-state index is 11.9. The van der Waals surface area contributed by atoms with Crippen LogP contribution in [0.3, 0.4) is 0 Å². The highest BCUT2D eigenvalue weighted by atomic mass is 32.2. The average molecular weight is 240 g/mol. The van der Waals surface area contributed by atoms with Crippen LogP contribution >= 0.6 is 0 Å². The molecule has 0 aliphatic heterocycles. The number of benzene rings is 1. The fourth-order valence-electron chi connectivity index (χ4n) is 1.50. The summed E-state index contributed by atoms with van der Waals surface area (Å²) < 4.78 is 23.7. The monoisotopic (exact) mass is 240 g/mol. The molecular weight excluding hydrogens is 220 g/mol. The highest BCUT2D eigenvalue weighted by Gasteiger charge is 2.18. The minimum atomic E-state index is -3.11. The SMILES string of the molecule is CCCCc1ccc(S(=O)(=O)C(C)C)cc1. The molecule has 3 heteroatoms. The first kappa shape index (κ1) is 13.2. The summed E-state index contributed by atoms with van der Waals surface area (Å²) in [6.45, 7) is 5.57. The van der Waals surface area contributed by atoms with Gasteiger partial charge in [0.05, 0.1) is 10.1 Å². The summed E-state index contributed by atoms with van der Waals surface area (Å²) in [6.07, 6.45) is 3.33. The van der Waals surface area contributed by atoms with Gasteiger partial charge < -0.3 is 0 Å². The van der Waals surface area contributed by atoms with Gasteiger partial charge in [0.1, 0.15) is 0 Å². The highest BCUT2D eigenvalue weighted by Crippen LogP contribution is 2.17. The van der Waals surface area contributed by atoms with Crippen LogP contribution in [0.1, 0.15) is 39.2 Å². The van der Waals surface area contributed by atoms with E-state index in [4.69, 9.17) is 0 Å². The van der Waals surface area contributed by atoms with Crippen molar-refractivity contribution in [2.45, 2.75) is 50.2 Å². The summed E-state index contributed by atoms with van der Waals surface area (Å²) in [5, 5.41) is -0.353. The zero-order valence-corrected chi connectivity index (χ0v) is 11.0. The molecule has 0 aliphatic rings. The molecule has 0 amide bonds. The molecule has 0 N–H and O–H groups in total. The first-order chi connectivity index (χ1) is 7.48. The van der Waals surface area contributed by atoms with E-state index in [1.165, 1.54) is 5.56 Å². The van der Waals surface area contributed by atoms with Crippen molar-refractivity contribution in [1.82, 2.24) is 0 Å². The van der Waals surface area contributed by atoms with Crippen molar-refractivity contribution in [3.63, 3.8) is 0 Å². The molecule has 0 spiro atoms. The summed E-state index contributed by atoms with van der Waals surface area (Å²) in [4.78, 5) is 0.433. The van der Waals surface area contributed by atoms with Crippen molar-refractivity contribution in [1.29, 1.82) is 0 Å². The van der Waals surface area contributed by atoms with Crippen LogP contribution in [0.15, 0.2) is 29.2 Å². The van der Waals surface area contributed by atoms with E-state index in [1.807, 2.05) is 12.1 Å². The van der Waals surface area contributed by atoms with E-state index in [-0.39, 0.29) is 5.25 Å². The van der Waals surface area contributed by atoms with Gasteiger partial charge in [-0.3, -0.25) is 0 Å². The Morgan fingerprint density at radius 2 is 1.69 bits per heavy atom. The average Bonchev–Trinajstić information content (AvgIpc) is 2.26. The van der Waals surface area contributed by atoms with Crippen molar-refractivity contribution >= 4 is 9.84 Å². The van der Waals surface area contributed by atoms with Gasteiger partial charge in [0.2, 0.25) is 0 Å². The molecule has 1 aromatic rings. The van der Waals surface area contributed by atoms with Gasteiger partial charge in [-0.05, 0) is 44.4 Å². The zero-order chi connectivity index (χ0) is 12.2. The molecule has 0 saturated carbocycles. The van der Waals surface area contributed by atoms with Gasteiger partial charge in [-0.2, -0.15) is 0 Å². The molecule has 16 heavy (non-hydrogen) atoms. The third-order valence-corrected chi connectivity index (χ3v) is 4.86. The van der Waals surface area contributed by atoms with Crippen LogP contribution in [0.5, 0.6) is 0 Å². The number of sulfone groups is 1. The van der Waals surface area contributed by atoms with Gasteiger partial charge >= 0.3 is 0 Å². The minimum absolute atomic E-state index is 0.353. The van der Waals surface area contributed by atoms with E-state index in [1.54, 1.807) is 26.0 Å². The Bertz CT molecular complexity index is 416. The van der Waals surface area contributed by atoms with Gasteiger partial charge in [0.15, 0.2) is 9.84 Å². The standard InChI is InChI=1S/C13H20O2S/c1-4-5-6-12-7-9-13(10-8-12)16(14,15)11(2)3/h7-11H,4-6H2,1-3H3. The topological polar surface area (TPSA) is 34.1 Å². The Kier molecular flexibility index (Phi) is 4.54. The van der Waals surface area contributed by atoms with Crippen LogP contribution in [-0.4, -0.2) is 13.7 Å². The predicted molar refractivity (Wildman–Crippen MR) is 67.4 cm³/mol. The summed E-state index contributed by atoms with van der Waals surface area (Å²) >= 11 is 0. The van der Waals surface area contributed by atoms with Gasteiger partial charge in [-0.1, -0.05) is 25.5 Å². The lowest BCUT2D eigenvalue weighted by molar-refractivity contribution is 0.587. The maximum atomic E-state index is 11.9. The number of hydrogen-bond donors (Lipinski definition) is 0. The highest BCUT2D eigenvalue weighted by molar-refractivity contribution is 7.92. The van der Waals surface area contributed by atoms with Crippen molar-refractivity contribution in [2.24, 2.45) is 0 Å². The normalized spacial score (nSPS) is 12.0.